The molecule has 2 atom stereocenters. The lowest BCUT2D eigenvalue weighted by Crippen LogP contribution is -2.37. The molecule has 0 saturated carbocycles. The summed E-state index contributed by atoms with van der Waals surface area (Å²) in [6.45, 7) is 7.30. The molecule has 1 fully saturated rings. The van der Waals surface area contributed by atoms with E-state index in [-0.39, 0.29) is 18.1 Å². The molecule has 0 aromatic carbocycles. The van der Waals surface area contributed by atoms with Crippen LogP contribution in [-0.4, -0.2) is 29.6 Å². The molecule has 1 aliphatic rings. The van der Waals surface area contributed by atoms with Gasteiger partial charge in [-0.05, 0) is 19.8 Å². The SMILES string of the molecule is CCCCCCCCCCN1C(=O)C(C)NC1CC. The maximum absolute atomic E-state index is 12.0. The molecule has 0 bridgehead atoms. The average molecular weight is 268 g/mol. The van der Waals surface area contributed by atoms with Crippen molar-refractivity contribution in [2.75, 3.05) is 6.54 Å². The lowest BCUT2D eigenvalue weighted by atomic mass is 10.1. The molecule has 0 aliphatic carbocycles. The molecule has 0 spiro atoms. The zero-order valence-corrected chi connectivity index (χ0v) is 13.1. The first-order valence-corrected chi connectivity index (χ1v) is 8.27. The van der Waals surface area contributed by atoms with Crippen LogP contribution in [0.2, 0.25) is 0 Å². The van der Waals surface area contributed by atoms with Gasteiger partial charge in [0.05, 0.1) is 12.2 Å². The standard InChI is InChI=1S/C16H32N2O/c1-4-6-7-8-9-10-11-12-13-18-15(5-2)17-14(3)16(18)19/h14-15,17H,4-13H2,1-3H3. The largest absolute Gasteiger partial charge is 0.326 e. The molecule has 1 N–H and O–H groups in total. The third kappa shape index (κ3) is 5.52. The Kier molecular flexibility index (Phi) is 8.11. The zero-order chi connectivity index (χ0) is 14.1. The minimum absolute atomic E-state index is 0.0130. The minimum atomic E-state index is 0.0130. The van der Waals surface area contributed by atoms with Gasteiger partial charge in [0.2, 0.25) is 5.91 Å². The number of nitrogens with zero attached hydrogens (tertiary/aromatic N) is 1. The highest BCUT2D eigenvalue weighted by Gasteiger charge is 2.34. The van der Waals surface area contributed by atoms with Gasteiger partial charge in [-0.15, -0.1) is 0 Å². The summed E-state index contributed by atoms with van der Waals surface area (Å²) in [6.07, 6.45) is 11.9. The van der Waals surface area contributed by atoms with Gasteiger partial charge in [-0.2, -0.15) is 0 Å². The van der Waals surface area contributed by atoms with Gasteiger partial charge in [0, 0.05) is 6.54 Å². The van der Waals surface area contributed by atoms with E-state index in [2.05, 4.69) is 19.2 Å². The molecule has 0 aromatic heterocycles. The van der Waals surface area contributed by atoms with Crippen LogP contribution in [0.4, 0.5) is 0 Å². The summed E-state index contributed by atoms with van der Waals surface area (Å²) in [5, 5.41) is 3.35. The van der Waals surface area contributed by atoms with E-state index in [9.17, 15) is 4.79 Å². The van der Waals surface area contributed by atoms with Gasteiger partial charge >= 0.3 is 0 Å². The van der Waals surface area contributed by atoms with E-state index in [4.69, 9.17) is 0 Å². The fraction of sp³-hybridized carbons (Fsp3) is 0.938. The van der Waals surface area contributed by atoms with Crippen molar-refractivity contribution in [3.8, 4) is 0 Å². The number of carbonyl (C=O) groups excluding carboxylic acids is 1. The van der Waals surface area contributed by atoms with E-state index in [1.54, 1.807) is 0 Å². The lowest BCUT2D eigenvalue weighted by molar-refractivity contribution is -0.129. The number of amides is 1. The Morgan fingerprint density at radius 2 is 1.58 bits per heavy atom. The van der Waals surface area contributed by atoms with Gasteiger partial charge in [-0.25, -0.2) is 0 Å². The molecule has 19 heavy (non-hydrogen) atoms. The topological polar surface area (TPSA) is 32.3 Å². The molecule has 1 aliphatic heterocycles. The number of hydrogen-bond acceptors (Lipinski definition) is 2. The van der Waals surface area contributed by atoms with E-state index in [1.165, 1.54) is 44.9 Å². The van der Waals surface area contributed by atoms with Crippen LogP contribution in [-0.2, 0) is 4.79 Å². The Balaban J connectivity index is 2.06. The molecule has 1 saturated heterocycles. The zero-order valence-electron chi connectivity index (χ0n) is 13.1. The van der Waals surface area contributed by atoms with E-state index < -0.39 is 0 Å². The van der Waals surface area contributed by atoms with Crippen molar-refractivity contribution in [2.45, 2.75) is 90.8 Å². The molecule has 1 rings (SSSR count). The lowest BCUT2D eigenvalue weighted by Gasteiger charge is -2.23. The maximum Gasteiger partial charge on any atom is 0.240 e. The third-order valence-electron chi connectivity index (χ3n) is 4.11. The van der Waals surface area contributed by atoms with Gasteiger partial charge in [-0.3, -0.25) is 10.1 Å². The molecule has 2 unspecified atom stereocenters. The summed E-state index contributed by atoms with van der Waals surface area (Å²) in [5.74, 6) is 0.287. The Morgan fingerprint density at radius 1 is 1.00 bits per heavy atom. The Labute approximate surface area is 119 Å². The second kappa shape index (κ2) is 9.35. The van der Waals surface area contributed by atoms with E-state index in [0.717, 1.165) is 19.4 Å². The molecule has 3 nitrogen and oxygen atoms in total. The summed E-state index contributed by atoms with van der Waals surface area (Å²) in [4.78, 5) is 14.0. The summed E-state index contributed by atoms with van der Waals surface area (Å²) < 4.78 is 0. The van der Waals surface area contributed by atoms with Crippen LogP contribution in [0.5, 0.6) is 0 Å². The first kappa shape index (κ1) is 16.5. The van der Waals surface area contributed by atoms with Crippen molar-refractivity contribution in [2.24, 2.45) is 0 Å². The van der Waals surface area contributed by atoms with Crippen molar-refractivity contribution >= 4 is 5.91 Å². The number of hydrogen-bond donors (Lipinski definition) is 1. The summed E-state index contributed by atoms with van der Waals surface area (Å²) in [7, 11) is 0. The Bertz CT molecular complexity index is 255. The van der Waals surface area contributed by atoms with Gasteiger partial charge in [0.15, 0.2) is 0 Å². The third-order valence-corrected chi connectivity index (χ3v) is 4.11. The van der Waals surface area contributed by atoms with Crippen LogP contribution in [0, 0.1) is 0 Å². The molecule has 3 heteroatoms. The average Bonchev–Trinajstić information content (AvgIpc) is 2.69. The number of nitrogens with one attached hydrogen (secondary N) is 1. The monoisotopic (exact) mass is 268 g/mol. The fourth-order valence-electron chi connectivity index (χ4n) is 2.87. The van der Waals surface area contributed by atoms with Crippen molar-refractivity contribution in [1.82, 2.24) is 10.2 Å². The van der Waals surface area contributed by atoms with Gasteiger partial charge in [0.25, 0.3) is 0 Å². The molecular formula is C16H32N2O. The predicted molar refractivity (Wildman–Crippen MR) is 81.0 cm³/mol. The number of unbranched alkanes of at least 4 members (excludes halogenated alkanes) is 7. The van der Waals surface area contributed by atoms with E-state index in [1.807, 2.05) is 11.8 Å². The first-order valence-electron chi connectivity index (χ1n) is 8.27. The van der Waals surface area contributed by atoms with Crippen molar-refractivity contribution in [3.05, 3.63) is 0 Å². The Morgan fingerprint density at radius 3 is 2.16 bits per heavy atom. The van der Waals surface area contributed by atoms with Crippen molar-refractivity contribution in [3.63, 3.8) is 0 Å². The summed E-state index contributed by atoms with van der Waals surface area (Å²) in [5.41, 5.74) is 0. The van der Waals surface area contributed by atoms with Crippen LogP contribution in [0.15, 0.2) is 0 Å². The highest BCUT2D eigenvalue weighted by Crippen LogP contribution is 2.15. The number of carbonyl (C=O) groups is 1. The van der Waals surface area contributed by atoms with Crippen LogP contribution in [0.1, 0.15) is 78.6 Å². The molecule has 112 valence electrons. The molecule has 0 radical (unpaired) electrons. The molecular weight excluding hydrogens is 236 g/mol. The highest BCUT2D eigenvalue weighted by atomic mass is 16.2. The smallest absolute Gasteiger partial charge is 0.240 e. The second-order valence-corrected chi connectivity index (χ2v) is 5.82. The second-order valence-electron chi connectivity index (χ2n) is 5.82. The normalized spacial score (nSPS) is 23.3. The van der Waals surface area contributed by atoms with Crippen LogP contribution < -0.4 is 5.32 Å². The van der Waals surface area contributed by atoms with Crippen LogP contribution in [0.25, 0.3) is 0 Å². The summed E-state index contributed by atoms with van der Waals surface area (Å²) in [6, 6.07) is 0.0130. The highest BCUT2D eigenvalue weighted by molar-refractivity contribution is 5.83. The van der Waals surface area contributed by atoms with Crippen LogP contribution in [0.3, 0.4) is 0 Å². The fourth-order valence-corrected chi connectivity index (χ4v) is 2.87. The quantitative estimate of drug-likeness (QED) is 0.613. The van der Waals surface area contributed by atoms with Crippen LogP contribution >= 0.6 is 0 Å². The van der Waals surface area contributed by atoms with Crippen molar-refractivity contribution < 1.29 is 4.79 Å². The molecule has 1 heterocycles. The first-order chi connectivity index (χ1) is 9.20. The number of rotatable bonds is 10. The van der Waals surface area contributed by atoms with Gasteiger partial charge in [-0.1, -0.05) is 58.8 Å². The molecule has 1 amide bonds. The molecule has 0 aromatic rings. The van der Waals surface area contributed by atoms with E-state index in [0.29, 0.717) is 0 Å². The van der Waals surface area contributed by atoms with Crippen molar-refractivity contribution in [1.29, 1.82) is 0 Å². The Hall–Kier alpha value is -0.570. The predicted octanol–water partition coefficient (Wildman–Crippen LogP) is 3.68. The minimum Gasteiger partial charge on any atom is -0.326 e. The maximum atomic E-state index is 12.0. The van der Waals surface area contributed by atoms with Gasteiger partial charge < -0.3 is 4.90 Å². The van der Waals surface area contributed by atoms with E-state index >= 15 is 0 Å². The van der Waals surface area contributed by atoms with Gasteiger partial charge in [0.1, 0.15) is 0 Å². The summed E-state index contributed by atoms with van der Waals surface area (Å²) >= 11 is 0.